The molecule has 0 unspecified atom stereocenters. The quantitative estimate of drug-likeness (QED) is 0.685. The van der Waals surface area contributed by atoms with E-state index in [1.807, 2.05) is 0 Å². The molecule has 2 aromatic rings. The summed E-state index contributed by atoms with van der Waals surface area (Å²) in [6.45, 7) is 7.09. The lowest BCUT2D eigenvalue weighted by atomic mass is 9.82. The number of hydrogen-bond donors (Lipinski definition) is 1. The van der Waals surface area contributed by atoms with Crippen LogP contribution in [0.1, 0.15) is 32.8 Å². The Morgan fingerprint density at radius 3 is 2.68 bits per heavy atom. The molecule has 1 aliphatic rings. The largest absolute Gasteiger partial charge is 0.286 e. The van der Waals surface area contributed by atoms with Crippen LogP contribution < -0.4 is 0 Å². The van der Waals surface area contributed by atoms with Crippen molar-refractivity contribution in [3.05, 3.63) is 29.1 Å². The molecule has 0 fully saturated rings. The standard InChI is InChI=1S/C16H19NO3S2/c1-11-16(2,3)13-5-6-14-12(7-9-21-14)15(13)17(11)8-4-10-22(18,19)20/h5-7,9H,4,8,10H2,1-3H3/p+1. The molecular formula is C16H20NO3S2+. The van der Waals surface area contributed by atoms with Gasteiger partial charge in [0.15, 0.2) is 5.71 Å². The number of rotatable bonds is 4. The number of fused-ring (bicyclic) bond motifs is 3. The van der Waals surface area contributed by atoms with Gasteiger partial charge in [-0.25, -0.2) is 0 Å². The summed E-state index contributed by atoms with van der Waals surface area (Å²) in [7, 11) is -3.90. The summed E-state index contributed by atoms with van der Waals surface area (Å²) < 4.78 is 34.3. The Kier molecular flexibility index (Phi) is 3.66. The van der Waals surface area contributed by atoms with Gasteiger partial charge in [-0.15, -0.1) is 11.3 Å². The lowest BCUT2D eigenvalue weighted by Crippen LogP contribution is -2.27. The second-order valence-electron chi connectivity index (χ2n) is 6.30. The molecule has 0 saturated carbocycles. The van der Waals surface area contributed by atoms with Gasteiger partial charge in [0.1, 0.15) is 6.54 Å². The number of thiophene rings is 1. The Hall–Kier alpha value is -1.24. The van der Waals surface area contributed by atoms with Crippen LogP contribution in [-0.4, -0.2) is 35.6 Å². The molecule has 0 amide bonds. The molecule has 1 N–H and O–H groups in total. The Morgan fingerprint density at radius 1 is 1.27 bits per heavy atom. The molecule has 3 rings (SSSR count). The van der Waals surface area contributed by atoms with E-state index in [4.69, 9.17) is 4.55 Å². The zero-order valence-electron chi connectivity index (χ0n) is 13.0. The second-order valence-corrected chi connectivity index (χ2v) is 8.82. The summed E-state index contributed by atoms with van der Waals surface area (Å²) in [4.78, 5) is 0. The zero-order valence-corrected chi connectivity index (χ0v) is 14.6. The van der Waals surface area contributed by atoms with Crippen LogP contribution >= 0.6 is 11.3 Å². The minimum absolute atomic E-state index is 0.0659. The van der Waals surface area contributed by atoms with Crippen LogP contribution in [0.15, 0.2) is 23.6 Å². The first kappa shape index (κ1) is 15.6. The normalized spacial score (nSPS) is 17.3. The van der Waals surface area contributed by atoms with E-state index in [0.717, 1.165) is 0 Å². The molecule has 0 radical (unpaired) electrons. The molecule has 0 atom stereocenters. The molecule has 0 spiro atoms. The molecule has 118 valence electrons. The number of benzene rings is 1. The van der Waals surface area contributed by atoms with Crippen LogP contribution in [0.3, 0.4) is 0 Å². The highest BCUT2D eigenvalue weighted by atomic mass is 32.2. The summed E-state index contributed by atoms with van der Waals surface area (Å²) in [5, 5.41) is 3.31. The van der Waals surface area contributed by atoms with Crippen molar-refractivity contribution < 1.29 is 17.5 Å². The van der Waals surface area contributed by atoms with E-state index in [1.165, 1.54) is 27.0 Å². The Morgan fingerprint density at radius 2 is 2.00 bits per heavy atom. The fraction of sp³-hybridized carbons (Fsp3) is 0.438. The van der Waals surface area contributed by atoms with Gasteiger partial charge in [-0.1, -0.05) is 0 Å². The van der Waals surface area contributed by atoms with E-state index in [9.17, 15) is 8.42 Å². The average Bonchev–Trinajstić information content (AvgIpc) is 2.95. The third kappa shape index (κ3) is 2.49. The predicted molar refractivity (Wildman–Crippen MR) is 91.4 cm³/mol. The highest BCUT2D eigenvalue weighted by Crippen LogP contribution is 2.44. The highest BCUT2D eigenvalue weighted by molar-refractivity contribution is 7.85. The summed E-state index contributed by atoms with van der Waals surface area (Å²) in [6.07, 6.45) is 0.409. The van der Waals surface area contributed by atoms with Crippen molar-refractivity contribution in [2.75, 3.05) is 12.3 Å². The van der Waals surface area contributed by atoms with Crippen LogP contribution in [0.5, 0.6) is 0 Å². The van der Waals surface area contributed by atoms with Crippen molar-refractivity contribution in [3.63, 3.8) is 0 Å². The smallest absolute Gasteiger partial charge is 0.265 e. The van der Waals surface area contributed by atoms with E-state index < -0.39 is 10.1 Å². The van der Waals surface area contributed by atoms with E-state index in [-0.39, 0.29) is 11.2 Å². The molecule has 0 bridgehead atoms. The molecule has 4 nitrogen and oxygen atoms in total. The zero-order chi connectivity index (χ0) is 16.1. The first-order chi connectivity index (χ1) is 10.2. The third-order valence-corrected chi connectivity index (χ3v) is 6.33. The van der Waals surface area contributed by atoms with Crippen LogP contribution in [0.25, 0.3) is 10.1 Å². The maximum atomic E-state index is 11.0. The summed E-state index contributed by atoms with van der Waals surface area (Å²) in [5.74, 6) is -0.202. The summed E-state index contributed by atoms with van der Waals surface area (Å²) >= 11 is 1.71. The maximum absolute atomic E-state index is 11.0. The molecule has 6 heteroatoms. The molecular weight excluding hydrogens is 318 g/mol. The SMILES string of the molecule is CC1=[N+](CCCS(=O)(=O)O)c2c(ccc3sccc23)C1(C)C. The summed E-state index contributed by atoms with van der Waals surface area (Å²) in [5.41, 5.74) is 3.62. The lowest BCUT2D eigenvalue weighted by molar-refractivity contribution is -0.437. The van der Waals surface area contributed by atoms with Gasteiger partial charge in [0, 0.05) is 23.6 Å². The van der Waals surface area contributed by atoms with Crippen molar-refractivity contribution in [1.82, 2.24) is 0 Å². The molecule has 22 heavy (non-hydrogen) atoms. The Balaban J connectivity index is 2.07. The van der Waals surface area contributed by atoms with Crippen molar-refractivity contribution >= 4 is 42.9 Å². The first-order valence-electron chi connectivity index (χ1n) is 7.29. The minimum atomic E-state index is -3.90. The summed E-state index contributed by atoms with van der Waals surface area (Å²) in [6, 6.07) is 6.47. The van der Waals surface area contributed by atoms with Gasteiger partial charge in [-0.3, -0.25) is 4.55 Å². The van der Waals surface area contributed by atoms with Gasteiger partial charge in [0.2, 0.25) is 5.69 Å². The van der Waals surface area contributed by atoms with Crippen LogP contribution in [0, 0.1) is 0 Å². The van der Waals surface area contributed by atoms with Gasteiger partial charge in [-0.2, -0.15) is 13.0 Å². The molecule has 1 aromatic carbocycles. The van der Waals surface area contributed by atoms with Gasteiger partial charge in [0.25, 0.3) is 10.1 Å². The van der Waals surface area contributed by atoms with Gasteiger partial charge in [-0.05, 0) is 37.4 Å². The molecule has 0 aliphatic carbocycles. The Labute approximate surface area is 134 Å². The fourth-order valence-corrected chi connectivity index (χ4v) is 4.49. The highest BCUT2D eigenvalue weighted by Gasteiger charge is 2.43. The monoisotopic (exact) mass is 338 g/mol. The van der Waals surface area contributed by atoms with Gasteiger partial charge >= 0.3 is 0 Å². The van der Waals surface area contributed by atoms with E-state index in [2.05, 4.69) is 48.9 Å². The Bertz CT molecular complexity index is 876. The van der Waals surface area contributed by atoms with Crippen LogP contribution in [0.2, 0.25) is 0 Å². The van der Waals surface area contributed by atoms with Crippen LogP contribution in [-0.2, 0) is 15.5 Å². The van der Waals surface area contributed by atoms with E-state index in [0.29, 0.717) is 13.0 Å². The fourth-order valence-electron chi connectivity index (χ4n) is 3.21. The second kappa shape index (κ2) is 5.15. The van der Waals surface area contributed by atoms with E-state index >= 15 is 0 Å². The first-order valence-corrected chi connectivity index (χ1v) is 9.78. The molecule has 0 saturated heterocycles. The van der Waals surface area contributed by atoms with Crippen molar-refractivity contribution in [2.24, 2.45) is 0 Å². The van der Waals surface area contributed by atoms with Crippen molar-refractivity contribution in [3.8, 4) is 0 Å². The predicted octanol–water partition coefficient (Wildman–Crippen LogP) is 3.58. The lowest BCUT2D eigenvalue weighted by Gasteiger charge is -2.14. The molecule has 1 aromatic heterocycles. The molecule has 2 heterocycles. The van der Waals surface area contributed by atoms with Gasteiger partial charge < -0.3 is 0 Å². The topological polar surface area (TPSA) is 57.4 Å². The van der Waals surface area contributed by atoms with E-state index in [1.54, 1.807) is 11.3 Å². The number of nitrogens with zero attached hydrogens (tertiary/aromatic N) is 1. The van der Waals surface area contributed by atoms with Crippen LogP contribution in [0.4, 0.5) is 5.69 Å². The number of hydrogen-bond acceptors (Lipinski definition) is 3. The third-order valence-electron chi connectivity index (χ3n) is 4.64. The van der Waals surface area contributed by atoms with Crippen molar-refractivity contribution in [2.45, 2.75) is 32.6 Å². The molecule has 1 aliphatic heterocycles. The van der Waals surface area contributed by atoms with Gasteiger partial charge in [0.05, 0.1) is 16.6 Å². The maximum Gasteiger partial charge on any atom is 0.265 e. The minimum Gasteiger partial charge on any atom is -0.286 e. The average molecular weight is 338 g/mol. The van der Waals surface area contributed by atoms with Crippen molar-refractivity contribution in [1.29, 1.82) is 0 Å².